The predicted molar refractivity (Wildman–Crippen MR) is 55.0 cm³/mol. The molecule has 3 nitrogen and oxygen atoms in total. The van der Waals surface area contributed by atoms with Crippen LogP contribution >= 0.6 is 0 Å². The van der Waals surface area contributed by atoms with Crippen LogP contribution in [0.2, 0.25) is 0 Å². The molecule has 2 aromatic rings. The number of pyridine rings is 1. The third-order valence-corrected chi connectivity index (χ3v) is 2.24. The second kappa shape index (κ2) is 3.10. The maximum atomic E-state index is 11.1. The van der Waals surface area contributed by atoms with E-state index in [1.165, 1.54) is 0 Å². The number of hydrogen-bond donors (Lipinski definition) is 1. The van der Waals surface area contributed by atoms with Crippen molar-refractivity contribution in [2.24, 2.45) is 5.73 Å². The fourth-order valence-corrected chi connectivity index (χ4v) is 1.54. The molecule has 2 N–H and O–H groups in total. The van der Waals surface area contributed by atoms with E-state index in [0.29, 0.717) is 5.56 Å². The highest BCUT2D eigenvalue weighted by Gasteiger charge is 2.07. The molecule has 0 aliphatic heterocycles. The molecule has 14 heavy (non-hydrogen) atoms. The zero-order chi connectivity index (χ0) is 10.1. The van der Waals surface area contributed by atoms with Crippen molar-refractivity contribution in [3.63, 3.8) is 0 Å². The molecule has 0 aliphatic rings. The molecule has 70 valence electrons. The summed E-state index contributed by atoms with van der Waals surface area (Å²) in [6.07, 6.45) is 1.61. The Morgan fingerprint density at radius 1 is 1.36 bits per heavy atom. The van der Waals surface area contributed by atoms with Crippen LogP contribution in [-0.2, 0) is 0 Å². The summed E-state index contributed by atoms with van der Waals surface area (Å²) in [5, 5.41) is 0.819. The predicted octanol–water partition coefficient (Wildman–Crippen LogP) is 1.64. The molecular weight excluding hydrogens is 176 g/mol. The van der Waals surface area contributed by atoms with Gasteiger partial charge in [0.15, 0.2) is 0 Å². The van der Waals surface area contributed by atoms with Gasteiger partial charge in [0.05, 0.1) is 11.1 Å². The molecule has 0 spiro atoms. The lowest BCUT2D eigenvalue weighted by molar-refractivity contribution is 0.100. The van der Waals surface area contributed by atoms with Gasteiger partial charge in [0.2, 0.25) is 5.91 Å². The van der Waals surface area contributed by atoms with Gasteiger partial charge in [-0.05, 0) is 18.6 Å². The number of aryl methyl sites for hydroxylation is 1. The number of nitrogens with zero attached hydrogens (tertiary/aromatic N) is 1. The van der Waals surface area contributed by atoms with Crippen LogP contribution in [0, 0.1) is 6.92 Å². The average Bonchev–Trinajstić information content (AvgIpc) is 2.17. The first kappa shape index (κ1) is 8.69. The van der Waals surface area contributed by atoms with E-state index in [-0.39, 0.29) is 0 Å². The van der Waals surface area contributed by atoms with Crippen LogP contribution in [0.15, 0.2) is 30.5 Å². The molecule has 2 rings (SSSR count). The first-order chi connectivity index (χ1) is 6.70. The highest BCUT2D eigenvalue weighted by Crippen LogP contribution is 2.18. The van der Waals surface area contributed by atoms with Gasteiger partial charge in [-0.25, -0.2) is 0 Å². The number of nitrogens with two attached hydrogens (primary N) is 1. The SMILES string of the molecule is Cc1cccc2c(C(N)=O)ccnc12. The molecule has 0 radical (unpaired) electrons. The van der Waals surface area contributed by atoms with Gasteiger partial charge in [0, 0.05) is 11.6 Å². The molecule has 0 fully saturated rings. The van der Waals surface area contributed by atoms with Gasteiger partial charge >= 0.3 is 0 Å². The standard InChI is InChI=1S/C11H10N2O/c1-7-3-2-4-8-9(11(12)14)5-6-13-10(7)8/h2-6H,1H3,(H2,12,14). The number of hydrogen-bond acceptors (Lipinski definition) is 2. The van der Waals surface area contributed by atoms with Crippen LogP contribution in [0.25, 0.3) is 10.9 Å². The Labute approximate surface area is 81.6 Å². The molecule has 1 aromatic carbocycles. The van der Waals surface area contributed by atoms with E-state index < -0.39 is 5.91 Å². The summed E-state index contributed by atoms with van der Waals surface area (Å²) in [5.74, 6) is -0.414. The highest BCUT2D eigenvalue weighted by atomic mass is 16.1. The Bertz CT molecular complexity index is 506. The van der Waals surface area contributed by atoms with Crippen LogP contribution < -0.4 is 5.73 Å². The van der Waals surface area contributed by atoms with E-state index in [1.807, 2.05) is 25.1 Å². The summed E-state index contributed by atoms with van der Waals surface area (Å²) in [5.41, 5.74) is 7.67. The van der Waals surface area contributed by atoms with Crippen LogP contribution in [0.5, 0.6) is 0 Å². The Morgan fingerprint density at radius 3 is 2.86 bits per heavy atom. The second-order valence-electron chi connectivity index (χ2n) is 3.19. The molecule has 0 saturated heterocycles. The van der Waals surface area contributed by atoms with Gasteiger partial charge < -0.3 is 5.73 Å². The van der Waals surface area contributed by atoms with E-state index in [4.69, 9.17) is 5.73 Å². The van der Waals surface area contributed by atoms with Crippen molar-refractivity contribution in [3.05, 3.63) is 41.6 Å². The van der Waals surface area contributed by atoms with Crippen LogP contribution in [-0.4, -0.2) is 10.9 Å². The van der Waals surface area contributed by atoms with E-state index >= 15 is 0 Å². The summed E-state index contributed by atoms with van der Waals surface area (Å²) < 4.78 is 0. The minimum Gasteiger partial charge on any atom is -0.366 e. The van der Waals surface area contributed by atoms with E-state index in [1.54, 1.807) is 12.3 Å². The number of benzene rings is 1. The molecule has 0 bridgehead atoms. The molecular formula is C11H10N2O. The van der Waals surface area contributed by atoms with Crippen LogP contribution in [0.4, 0.5) is 0 Å². The fraction of sp³-hybridized carbons (Fsp3) is 0.0909. The highest BCUT2D eigenvalue weighted by molar-refractivity contribution is 6.05. The Balaban J connectivity index is 2.88. The zero-order valence-corrected chi connectivity index (χ0v) is 7.82. The van der Waals surface area contributed by atoms with Crippen molar-refractivity contribution in [2.75, 3.05) is 0 Å². The molecule has 0 saturated carbocycles. The quantitative estimate of drug-likeness (QED) is 0.736. The maximum absolute atomic E-state index is 11.1. The van der Waals surface area contributed by atoms with Gasteiger partial charge in [0.25, 0.3) is 0 Å². The van der Waals surface area contributed by atoms with Crippen molar-refractivity contribution in [2.45, 2.75) is 6.92 Å². The molecule has 0 atom stereocenters. The van der Waals surface area contributed by atoms with Gasteiger partial charge in [-0.3, -0.25) is 9.78 Å². The van der Waals surface area contributed by atoms with Gasteiger partial charge in [-0.15, -0.1) is 0 Å². The molecule has 0 aliphatic carbocycles. The van der Waals surface area contributed by atoms with Crippen LogP contribution in [0.1, 0.15) is 15.9 Å². The maximum Gasteiger partial charge on any atom is 0.249 e. The summed E-state index contributed by atoms with van der Waals surface area (Å²) in [7, 11) is 0. The smallest absolute Gasteiger partial charge is 0.249 e. The first-order valence-electron chi connectivity index (χ1n) is 4.34. The number of amides is 1. The molecule has 0 unspecified atom stereocenters. The lowest BCUT2D eigenvalue weighted by Gasteiger charge is -2.03. The largest absolute Gasteiger partial charge is 0.366 e. The number of rotatable bonds is 1. The first-order valence-corrected chi connectivity index (χ1v) is 4.34. The number of carbonyl (C=O) groups is 1. The fourth-order valence-electron chi connectivity index (χ4n) is 1.54. The number of aromatic nitrogens is 1. The zero-order valence-electron chi connectivity index (χ0n) is 7.82. The van der Waals surface area contributed by atoms with Crippen molar-refractivity contribution in [1.29, 1.82) is 0 Å². The van der Waals surface area contributed by atoms with E-state index in [0.717, 1.165) is 16.5 Å². The molecule has 3 heteroatoms. The average molecular weight is 186 g/mol. The molecule has 1 aromatic heterocycles. The summed E-state index contributed by atoms with van der Waals surface area (Å²) in [6, 6.07) is 7.35. The van der Waals surface area contributed by atoms with Crippen LogP contribution in [0.3, 0.4) is 0 Å². The minimum absolute atomic E-state index is 0.414. The number of fused-ring (bicyclic) bond motifs is 1. The van der Waals surface area contributed by atoms with Crippen molar-refractivity contribution >= 4 is 16.8 Å². The van der Waals surface area contributed by atoms with Gasteiger partial charge in [0.1, 0.15) is 0 Å². The number of carbonyl (C=O) groups excluding carboxylic acids is 1. The summed E-state index contributed by atoms with van der Waals surface area (Å²) in [4.78, 5) is 15.3. The third kappa shape index (κ3) is 1.23. The normalized spacial score (nSPS) is 10.4. The summed E-state index contributed by atoms with van der Waals surface area (Å²) in [6.45, 7) is 1.96. The second-order valence-corrected chi connectivity index (χ2v) is 3.19. The number of primary amides is 1. The van der Waals surface area contributed by atoms with E-state index in [2.05, 4.69) is 4.98 Å². The lowest BCUT2D eigenvalue weighted by atomic mass is 10.1. The molecule has 1 heterocycles. The third-order valence-electron chi connectivity index (χ3n) is 2.24. The van der Waals surface area contributed by atoms with E-state index in [9.17, 15) is 4.79 Å². The van der Waals surface area contributed by atoms with Crippen molar-refractivity contribution in [3.8, 4) is 0 Å². The van der Waals surface area contributed by atoms with Gasteiger partial charge in [-0.1, -0.05) is 18.2 Å². The monoisotopic (exact) mass is 186 g/mol. The van der Waals surface area contributed by atoms with Gasteiger partial charge in [-0.2, -0.15) is 0 Å². The minimum atomic E-state index is -0.414. The number of para-hydroxylation sites is 1. The lowest BCUT2D eigenvalue weighted by Crippen LogP contribution is -2.11. The molecule has 1 amide bonds. The van der Waals surface area contributed by atoms with Crippen molar-refractivity contribution < 1.29 is 4.79 Å². The Hall–Kier alpha value is -1.90. The Kier molecular flexibility index (Phi) is 1.93. The summed E-state index contributed by atoms with van der Waals surface area (Å²) >= 11 is 0. The topological polar surface area (TPSA) is 56.0 Å². The Morgan fingerprint density at radius 2 is 2.14 bits per heavy atom. The van der Waals surface area contributed by atoms with Crippen molar-refractivity contribution in [1.82, 2.24) is 4.98 Å².